The van der Waals surface area contributed by atoms with Crippen LogP contribution in [0, 0.1) is 0 Å². The van der Waals surface area contributed by atoms with Gasteiger partial charge in [0.1, 0.15) is 0 Å². The monoisotopic (exact) mass is 157 g/mol. The molecule has 1 rings (SSSR count). The van der Waals surface area contributed by atoms with E-state index in [0.29, 0.717) is 6.42 Å². The maximum atomic E-state index is 12.9. The number of hydrogen-bond acceptors (Lipinski definition) is 2. The van der Waals surface area contributed by atoms with Crippen molar-refractivity contribution in [1.29, 1.82) is 0 Å². The number of hydrogen-bond donors (Lipinski definition) is 1. The molecule has 0 aliphatic carbocycles. The Bertz CT molecular complexity index is 221. The Hall–Kier alpha value is -1.06. The Kier molecular flexibility index (Phi) is 2.46. The van der Waals surface area contributed by atoms with Crippen LogP contribution in [-0.2, 0) is 0 Å². The standard InChI is InChI=1S/C7H12FN3/c1-3-7(8)11-5-6(9-2)4-10-11/h4-5,7,9H,3H2,1-2H3. The topological polar surface area (TPSA) is 29.9 Å². The van der Waals surface area contributed by atoms with Crippen LogP contribution in [0.4, 0.5) is 10.1 Å². The van der Waals surface area contributed by atoms with E-state index in [0.717, 1.165) is 5.69 Å². The van der Waals surface area contributed by atoms with Crippen LogP contribution in [0.25, 0.3) is 0 Å². The molecule has 0 aliphatic rings. The highest BCUT2D eigenvalue weighted by molar-refractivity contribution is 5.36. The molecule has 1 N–H and O–H groups in total. The van der Waals surface area contributed by atoms with Crippen molar-refractivity contribution < 1.29 is 4.39 Å². The number of rotatable bonds is 3. The molecular formula is C7H12FN3. The molecule has 11 heavy (non-hydrogen) atoms. The largest absolute Gasteiger partial charge is 0.386 e. The fourth-order valence-corrected chi connectivity index (χ4v) is 0.807. The Balaban J connectivity index is 2.71. The normalized spacial score (nSPS) is 13.0. The van der Waals surface area contributed by atoms with Crippen molar-refractivity contribution >= 4 is 5.69 Å². The van der Waals surface area contributed by atoms with Gasteiger partial charge in [0.15, 0.2) is 6.30 Å². The minimum Gasteiger partial charge on any atom is -0.386 e. The number of halogens is 1. The summed E-state index contributed by atoms with van der Waals surface area (Å²) in [5.41, 5.74) is 0.834. The number of nitrogens with zero attached hydrogens (tertiary/aromatic N) is 2. The van der Waals surface area contributed by atoms with Gasteiger partial charge in [-0.1, -0.05) is 6.92 Å². The van der Waals surface area contributed by atoms with E-state index in [-0.39, 0.29) is 0 Å². The summed E-state index contributed by atoms with van der Waals surface area (Å²) < 4.78 is 14.2. The van der Waals surface area contributed by atoms with Gasteiger partial charge in [-0.05, 0) is 6.42 Å². The van der Waals surface area contributed by atoms with Crippen molar-refractivity contribution in [3.63, 3.8) is 0 Å². The molecule has 0 amide bonds. The lowest BCUT2D eigenvalue weighted by atomic mass is 10.4. The third-order valence-corrected chi connectivity index (χ3v) is 1.51. The first-order valence-corrected chi connectivity index (χ1v) is 3.64. The first-order chi connectivity index (χ1) is 5.27. The predicted molar refractivity (Wildman–Crippen MR) is 42.2 cm³/mol. The Morgan fingerprint density at radius 3 is 3.00 bits per heavy atom. The zero-order valence-electron chi connectivity index (χ0n) is 6.71. The fraction of sp³-hybridized carbons (Fsp3) is 0.571. The second kappa shape index (κ2) is 3.37. The van der Waals surface area contributed by atoms with Crippen LogP contribution in [0.15, 0.2) is 12.4 Å². The summed E-state index contributed by atoms with van der Waals surface area (Å²) in [4.78, 5) is 0. The van der Waals surface area contributed by atoms with Crippen LogP contribution < -0.4 is 5.32 Å². The number of alkyl halides is 1. The van der Waals surface area contributed by atoms with Gasteiger partial charge in [0.25, 0.3) is 0 Å². The number of nitrogens with one attached hydrogen (secondary N) is 1. The van der Waals surface area contributed by atoms with Gasteiger partial charge < -0.3 is 5.32 Å². The molecule has 1 aromatic heterocycles. The molecule has 0 saturated heterocycles. The highest BCUT2D eigenvalue weighted by atomic mass is 19.1. The first kappa shape index (κ1) is 8.04. The Morgan fingerprint density at radius 2 is 2.55 bits per heavy atom. The summed E-state index contributed by atoms with van der Waals surface area (Å²) in [6.45, 7) is 1.78. The van der Waals surface area contributed by atoms with E-state index in [9.17, 15) is 4.39 Å². The lowest BCUT2D eigenvalue weighted by molar-refractivity contribution is 0.213. The van der Waals surface area contributed by atoms with Crippen LogP contribution in [0.3, 0.4) is 0 Å². The van der Waals surface area contributed by atoms with Crippen molar-refractivity contribution in [3.8, 4) is 0 Å². The molecule has 0 radical (unpaired) electrons. The van der Waals surface area contributed by atoms with Gasteiger partial charge in [-0.3, -0.25) is 0 Å². The van der Waals surface area contributed by atoms with Crippen molar-refractivity contribution in [2.45, 2.75) is 19.6 Å². The highest BCUT2D eigenvalue weighted by Gasteiger charge is 2.05. The van der Waals surface area contributed by atoms with Crippen LogP contribution in [0.2, 0.25) is 0 Å². The van der Waals surface area contributed by atoms with Crippen LogP contribution in [0.1, 0.15) is 19.6 Å². The maximum absolute atomic E-state index is 12.9. The summed E-state index contributed by atoms with van der Waals surface area (Å²) in [7, 11) is 1.78. The zero-order chi connectivity index (χ0) is 8.27. The maximum Gasteiger partial charge on any atom is 0.191 e. The Morgan fingerprint density at radius 1 is 1.82 bits per heavy atom. The van der Waals surface area contributed by atoms with Crippen molar-refractivity contribution in [3.05, 3.63) is 12.4 Å². The average Bonchev–Trinajstić information content (AvgIpc) is 2.50. The molecule has 62 valence electrons. The quantitative estimate of drug-likeness (QED) is 0.725. The summed E-state index contributed by atoms with van der Waals surface area (Å²) >= 11 is 0. The highest BCUT2D eigenvalue weighted by Crippen LogP contribution is 2.13. The van der Waals surface area contributed by atoms with Gasteiger partial charge >= 0.3 is 0 Å². The minimum absolute atomic E-state index is 0.449. The summed E-state index contributed by atoms with van der Waals surface area (Å²) in [6.07, 6.45) is 2.69. The second-order valence-corrected chi connectivity index (χ2v) is 2.30. The van der Waals surface area contributed by atoms with Crippen LogP contribution >= 0.6 is 0 Å². The zero-order valence-corrected chi connectivity index (χ0v) is 6.71. The van der Waals surface area contributed by atoms with Crippen molar-refractivity contribution in [2.24, 2.45) is 0 Å². The first-order valence-electron chi connectivity index (χ1n) is 3.64. The van der Waals surface area contributed by atoms with Crippen LogP contribution in [-0.4, -0.2) is 16.8 Å². The van der Waals surface area contributed by atoms with Crippen molar-refractivity contribution in [1.82, 2.24) is 9.78 Å². The molecule has 1 aromatic rings. The third-order valence-electron chi connectivity index (χ3n) is 1.51. The lowest BCUT2D eigenvalue weighted by Crippen LogP contribution is -2.01. The van der Waals surface area contributed by atoms with Gasteiger partial charge in [-0.2, -0.15) is 5.10 Å². The smallest absolute Gasteiger partial charge is 0.191 e. The number of anilines is 1. The van der Waals surface area contributed by atoms with Gasteiger partial charge in [-0.15, -0.1) is 0 Å². The van der Waals surface area contributed by atoms with Crippen LogP contribution in [0.5, 0.6) is 0 Å². The molecule has 0 aromatic carbocycles. The van der Waals surface area contributed by atoms with E-state index >= 15 is 0 Å². The predicted octanol–water partition coefficient (Wildman–Crippen LogP) is 1.80. The average molecular weight is 157 g/mol. The van der Waals surface area contributed by atoms with Crippen molar-refractivity contribution in [2.75, 3.05) is 12.4 Å². The molecule has 0 bridgehead atoms. The van der Waals surface area contributed by atoms with E-state index in [1.54, 1.807) is 26.4 Å². The SMILES string of the molecule is CCC(F)n1cc(NC)cn1. The molecule has 0 fully saturated rings. The molecule has 1 unspecified atom stereocenters. The minimum atomic E-state index is -1.00. The molecular weight excluding hydrogens is 145 g/mol. The molecule has 1 atom stereocenters. The lowest BCUT2D eigenvalue weighted by Gasteiger charge is -2.03. The Labute approximate surface area is 65.2 Å². The van der Waals surface area contributed by atoms with Gasteiger partial charge in [0.2, 0.25) is 0 Å². The van der Waals surface area contributed by atoms with Gasteiger partial charge in [-0.25, -0.2) is 9.07 Å². The third kappa shape index (κ3) is 1.69. The number of aromatic nitrogens is 2. The van der Waals surface area contributed by atoms with E-state index in [4.69, 9.17) is 0 Å². The van der Waals surface area contributed by atoms with E-state index in [1.165, 1.54) is 4.68 Å². The molecule has 3 nitrogen and oxygen atoms in total. The second-order valence-electron chi connectivity index (χ2n) is 2.30. The summed E-state index contributed by atoms with van der Waals surface area (Å²) in [5.74, 6) is 0. The molecule has 0 aliphatic heterocycles. The summed E-state index contributed by atoms with van der Waals surface area (Å²) in [5, 5.41) is 6.71. The van der Waals surface area contributed by atoms with E-state index in [2.05, 4.69) is 10.4 Å². The molecule has 1 heterocycles. The molecule has 0 spiro atoms. The summed E-state index contributed by atoms with van der Waals surface area (Å²) in [6, 6.07) is 0. The fourth-order valence-electron chi connectivity index (χ4n) is 0.807. The van der Waals surface area contributed by atoms with Gasteiger partial charge in [0.05, 0.1) is 18.1 Å². The van der Waals surface area contributed by atoms with E-state index < -0.39 is 6.30 Å². The molecule has 4 heteroatoms. The van der Waals surface area contributed by atoms with E-state index in [1.807, 2.05) is 0 Å². The molecule has 0 saturated carbocycles. The van der Waals surface area contributed by atoms with Gasteiger partial charge in [0, 0.05) is 7.05 Å².